The van der Waals surface area contributed by atoms with E-state index in [0.717, 1.165) is 32.2 Å². The Bertz CT molecular complexity index is 1250. The van der Waals surface area contributed by atoms with Crippen molar-refractivity contribution in [2.45, 2.75) is 82.3 Å². The number of carbonyl (C=O) groups excluding carboxylic acids is 1. The first-order valence-corrected chi connectivity index (χ1v) is 13.7. The van der Waals surface area contributed by atoms with Crippen molar-refractivity contribution in [1.29, 1.82) is 0 Å². The minimum Gasteiger partial charge on any atom is -0.461 e. The maximum Gasteiger partial charge on any atom is 0.410 e. The predicted octanol–water partition coefficient (Wildman–Crippen LogP) is 4.36. The summed E-state index contributed by atoms with van der Waals surface area (Å²) in [5.41, 5.74) is -0.931. The van der Waals surface area contributed by atoms with Crippen LogP contribution in [0.15, 0.2) is 6.20 Å². The molecule has 9 nitrogen and oxygen atoms in total. The third-order valence-corrected chi connectivity index (χ3v) is 8.47. The zero-order valence-corrected chi connectivity index (χ0v) is 22.7. The van der Waals surface area contributed by atoms with E-state index in [2.05, 4.69) is 19.8 Å². The molecule has 0 saturated carbocycles. The number of hydrogen-bond acceptors (Lipinski definition) is 8. The number of anilines is 1. The fraction of sp³-hybridized carbons (Fsp3) is 0.692. The molecule has 4 atom stereocenters. The Hall–Kier alpha value is -2.53. The summed E-state index contributed by atoms with van der Waals surface area (Å²) in [6.45, 7) is 7.96. The van der Waals surface area contributed by atoms with Gasteiger partial charge in [-0.15, -0.1) is 0 Å². The lowest BCUT2D eigenvalue weighted by atomic mass is 9.95. The number of alkyl halides is 1. The first kappa shape index (κ1) is 25.7. The van der Waals surface area contributed by atoms with Gasteiger partial charge in [-0.25, -0.2) is 18.6 Å². The van der Waals surface area contributed by atoms with Crippen LogP contribution >= 0.6 is 11.6 Å². The van der Waals surface area contributed by atoms with Gasteiger partial charge in [0.25, 0.3) is 0 Å². The highest BCUT2D eigenvalue weighted by atomic mass is 35.5. The van der Waals surface area contributed by atoms with Crippen LogP contribution in [0.2, 0.25) is 5.15 Å². The number of carbonyl (C=O) groups is 1. The number of hydrogen-bond donors (Lipinski definition) is 0. The fourth-order valence-electron chi connectivity index (χ4n) is 6.63. The Labute approximate surface area is 225 Å². The Kier molecular flexibility index (Phi) is 6.29. The highest BCUT2D eigenvalue weighted by Gasteiger charge is 2.49. The van der Waals surface area contributed by atoms with E-state index >= 15 is 4.39 Å². The first-order valence-electron chi connectivity index (χ1n) is 13.3. The van der Waals surface area contributed by atoms with Crippen LogP contribution in [0.1, 0.15) is 52.9 Å². The molecule has 206 valence electrons. The van der Waals surface area contributed by atoms with Gasteiger partial charge in [0.05, 0.1) is 10.9 Å². The Morgan fingerprint density at radius 2 is 1.95 bits per heavy atom. The summed E-state index contributed by atoms with van der Waals surface area (Å²) in [4.78, 5) is 32.0. The average molecular weight is 551 g/mol. The molecule has 1 amide bonds. The maximum absolute atomic E-state index is 15.2. The lowest BCUT2D eigenvalue weighted by Gasteiger charge is -2.42. The van der Waals surface area contributed by atoms with Crippen LogP contribution in [0, 0.1) is 5.82 Å². The van der Waals surface area contributed by atoms with E-state index in [0.29, 0.717) is 37.3 Å². The molecule has 2 bridgehead atoms. The van der Waals surface area contributed by atoms with Crippen molar-refractivity contribution >= 4 is 34.4 Å². The molecule has 12 heteroatoms. The normalized spacial score (nSPS) is 29.3. The Morgan fingerprint density at radius 1 is 1.21 bits per heavy atom. The summed E-state index contributed by atoms with van der Waals surface area (Å²) >= 11 is 6.02. The van der Waals surface area contributed by atoms with Crippen LogP contribution in [-0.4, -0.2) is 93.0 Å². The summed E-state index contributed by atoms with van der Waals surface area (Å²) < 4.78 is 41.1. The minimum absolute atomic E-state index is 0.0306. The Morgan fingerprint density at radius 3 is 2.66 bits per heavy atom. The van der Waals surface area contributed by atoms with Gasteiger partial charge in [-0.1, -0.05) is 11.6 Å². The third-order valence-electron chi connectivity index (χ3n) is 8.21. The van der Waals surface area contributed by atoms with Gasteiger partial charge < -0.3 is 19.3 Å². The van der Waals surface area contributed by atoms with Crippen LogP contribution in [0.4, 0.5) is 19.4 Å². The van der Waals surface area contributed by atoms with Crippen molar-refractivity contribution in [3.05, 3.63) is 17.2 Å². The van der Waals surface area contributed by atoms with Crippen LogP contribution in [0.25, 0.3) is 10.9 Å². The quantitative estimate of drug-likeness (QED) is 0.519. The van der Waals surface area contributed by atoms with Crippen LogP contribution in [-0.2, 0) is 4.74 Å². The molecule has 6 rings (SSSR count). The van der Waals surface area contributed by atoms with Gasteiger partial charge in [0, 0.05) is 44.3 Å². The zero-order valence-electron chi connectivity index (χ0n) is 21.9. The Balaban J connectivity index is 1.31. The van der Waals surface area contributed by atoms with Gasteiger partial charge in [-0.2, -0.15) is 9.97 Å². The lowest BCUT2D eigenvalue weighted by Crippen LogP contribution is -2.56. The van der Waals surface area contributed by atoms with E-state index in [9.17, 15) is 9.18 Å². The summed E-state index contributed by atoms with van der Waals surface area (Å²) in [5, 5.41) is 0.162. The van der Waals surface area contributed by atoms with Crippen molar-refractivity contribution in [2.24, 2.45) is 0 Å². The number of amides is 1. The van der Waals surface area contributed by atoms with E-state index < -0.39 is 17.6 Å². The minimum atomic E-state index is -0.883. The number of nitrogens with zero attached hydrogens (tertiary/aromatic N) is 6. The first-order chi connectivity index (χ1) is 18.0. The fourth-order valence-corrected chi connectivity index (χ4v) is 6.77. The van der Waals surface area contributed by atoms with E-state index in [-0.39, 0.29) is 47.0 Å². The molecule has 2 unspecified atom stereocenters. The van der Waals surface area contributed by atoms with E-state index in [1.807, 2.05) is 20.8 Å². The van der Waals surface area contributed by atoms with Crippen molar-refractivity contribution in [1.82, 2.24) is 24.8 Å². The maximum atomic E-state index is 15.2. The van der Waals surface area contributed by atoms with Gasteiger partial charge in [0.2, 0.25) is 0 Å². The van der Waals surface area contributed by atoms with E-state index in [4.69, 9.17) is 26.1 Å². The molecule has 38 heavy (non-hydrogen) atoms. The lowest BCUT2D eigenvalue weighted by molar-refractivity contribution is 0.0209. The molecular weight excluding hydrogens is 518 g/mol. The number of pyridine rings is 1. The number of halogens is 3. The highest BCUT2D eigenvalue weighted by Crippen LogP contribution is 2.42. The van der Waals surface area contributed by atoms with Gasteiger partial charge in [-0.05, 0) is 53.0 Å². The standard InChI is InChI=1S/C26H33ClF2N6O3/c1-25(2,3)38-24(36)33-12-16-5-6-17(13-33)35(16)22-18-10-30-21(27)19(29)20(18)31-23(32-22)37-14-26-7-4-8-34(26)11-15(28)9-26/h10,15-17H,4-9,11-14H2,1-3H3/t15-,16?,17?,26+/m1/s1. The molecule has 0 aliphatic carbocycles. The summed E-state index contributed by atoms with van der Waals surface area (Å²) in [6, 6.07) is -0.0276. The van der Waals surface area contributed by atoms with Crippen molar-refractivity contribution in [2.75, 3.05) is 37.7 Å². The largest absolute Gasteiger partial charge is 0.461 e. The van der Waals surface area contributed by atoms with Gasteiger partial charge in [0.1, 0.15) is 29.7 Å². The summed E-state index contributed by atoms with van der Waals surface area (Å²) in [7, 11) is 0. The van der Waals surface area contributed by atoms with Gasteiger partial charge in [-0.3, -0.25) is 4.90 Å². The number of rotatable bonds is 4. The summed E-state index contributed by atoms with van der Waals surface area (Å²) in [5.74, 6) is -0.220. The van der Waals surface area contributed by atoms with E-state index in [1.54, 1.807) is 4.90 Å². The van der Waals surface area contributed by atoms with Crippen LogP contribution in [0.3, 0.4) is 0 Å². The molecule has 4 fully saturated rings. The number of likely N-dealkylation sites (tertiary alicyclic amines) is 1. The van der Waals surface area contributed by atoms with Crippen LogP contribution < -0.4 is 9.64 Å². The number of ether oxygens (including phenoxy) is 2. The van der Waals surface area contributed by atoms with Crippen molar-refractivity contribution < 1.29 is 23.0 Å². The number of piperazine rings is 1. The van der Waals surface area contributed by atoms with Crippen molar-refractivity contribution in [3.63, 3.8) is 0 Å². The smallest absolute Gasteiger partial charge is 0.410 e. The monoisotopic (exact) mass is 550 g/mol. The highest BCUT2D eigenvalue weighted by molar-refractivity contribution is 6.30. The average Bonchev–Trinajstić information content (AvgIpc) is 3.45. The molecule has 2 aromatic rings. The second kappa shape index (κ2) is 9.29. The number of fused-ring (bicyclic) bond motifs is 4. The second-order valence-corrected chi connectivity index (χ2v) is 12.4. The SMILES string of the molecule is CC(C)(C)OC(=O)N1CC2CCC(C1)N2c1nc(OC[C@@]23CCCN2C[C@H](F)C3)nc2c(F)c(Cl)ncc12. The summed E-state index contributed by atoms with van der Waals surface area (Å²) in [6.07, 6.45) is 4.21. The molecule has 0 N–H and O–H groups in total. The molecule has 0 aromatic carbocycles. The van der Waals surface area contributed by atoms with Gasteiger partial charge in [0.15, 0.2) is 11.0 Å². The van der Waals surface area contributed by atoms with Crippen LogP contribution in [0.5, 0.6) is 6.01 Å². The third kappa shape index (κ3) is 4.51. The molecule has 4 aliphatic heterocycles. The molecule has 0 spiro atoms. The molecule has 0 radical (unpaired) electrons. The molecule has 6 heterocycles. The topological polar surface area (TPSA) is 83.9 Å². The molecule has 2 aromatic heterocycles. The predicted molar refractivity (Wildman–Crippen MR) is 138 cm³/mol. The van der Waals surface area contributed by atoms with E-state index in [1.165, 1.54) is 6.20 Å². The molecular formula is C26H33ClF2N6O3. The zero-order chi connectivity index (χ0) is 26.8. The second-order valence-electron chi connectivity index (χ2n) is 12.0. The number of aromatic nitrogens is 3. The van der Waals surface area contributed by atoms with Gasteiger partial charge >= 0.3 is 12.1 Å². The molecule has 4 aliphatic rings. The molecule has 4 saturated heterocycles. The van der Waals surface area contributed by atoms with Crippen molar-refractivity contribution in [3.8, 4) is 6.01 Å².